The molecule has 0 saturated heterocycles. The molecule has 0 aromatic rings. The van der Waals surface area contributed by atoms with Crippen molar-refractivity contribution >= 4 is 11.8 Å². The number of esters is 1. The number of carbonyl (C=O) groups excluding carboxylic acids is 2. The van der Waals surface area contributed by atoms with Crippen molar-refractivity contribution < 1.29 is 14.3 Å². The molecule has 0 unspecified atom stereocenters. The van der Waals surface area contributed by atoms with Gasteiger partial charge < -0.3 is 4.74 Å². The first kappa shape index (κ1) is 12.9. The van der Waals surface area contributed by atoms with Gasteiger partial charge in [-0.05, 0) is 33.1 Å². The molecule has 90 valence electrons. The van der Waals surface area contributed by atoms with Gasteiger partial charge in [0.2, 0.25) is 0 Å². The minimum absolute atomic E-state index is 0.0179. The van der Waals surface area contributed by atoms with Gasteiger partial charge in [0.25, 0.3) is 0 Å². The summed E-state index contributed by atoms with van der Waals surface area (Å²) in [5.41, 5.74) is -0.940. The number of Topliss-reactive ketones (excluding diaryl/α,β-unsaturated/α-hetero) is 1. The van der Waals surface area contributed by atoms with E-state index in [1.54, 1.807) is 19.9 Å². The van der Waals surface area contributed by atoms with Gasteiger partial charge in [-0.2, -0.15) is 0 Å². The van der Waals surface area contributed by atoms with Crippen molar-refractivity contribution in [3.8, 4) is 0 Å². The predicted molar refractivity (Wildman–Crippen MR) is 62.0 cm³/mol. The Bertz CT molecular complexity index is 294. The first-order chi connectivity index (χ1) is 7.53. The Hall–Kier alpha value is -1.12. The van der Waals surface area contributed by atoms with Gasteiger partial charge >= 0.3 is 5.97 Å². The Morgan fingerprint density at radius 1 is 1.56 bits per heavy atom. The summed E-state index contributed by atoms with van der Waals surface area (Å²) in [6.45, 7) is 7.23. The first-order valence-corrected chi connectivity index (χ1v) is 5.88. The third-order valence-electron chi connectivity index (χ3n) is 3.02. The van der Waals surface area contributed by atoms with Crippen LogP contribution in [-0.2, 0) is 14.3 Å². The Balaban J connectivity index is 2.89. The summed E-state index contributed by atoms with van der Waals surface area (Å²) in [5, 5.41) is 0. The van der Waals surface area contributed by atoms with Crippen LogP contribution >= 0.6 is 0 Å². The number of rotatable bonds is 4. The van der Waals surface area contributed by atoms with E-state index in [4.69, 9.17) is 4.74 Å². The van der Waals surface area contributed by atoms with Crippen LogP contribution in [0.25, 0.3) is 0 Å². The van der Waals surface area contributed by atoms with Crippen molar-refractivity contribution in [1.29, 1.82) is 0 Å². The first-order valence-electron chi connectivity index (χ1n) is 5.88. The zero-order valence-electron chi connectivity index (χ0n) is 10.1. The lowest BCUT2D eigenvalue weighted by Crippen LogP contribution is -2.43. The highest BCUT2D eigenvalue weighted by atomic mass is 16.5. The van der Waals surface area contributed by atoms with Crippen LogP contribution in [0, 0.1) is 5.41 Å². The monoisotopic (exact) mass is 224 g/mol. The van der Waals surface area contributed by atoms with Crippen LogP contribution in [0.5, 0.6) is 0 Å². The van der Waals surface area contributed by atoms with Gasteiger partial charge in [0, 0.05) is 6.42 Å². The van der Waals surface area contributed by atoms with E-state index in [1.165, 1.54) is 0 Å². The normalized spacial score (nSPS) is 25.6. The molecular formula is C13H20O3. The van der Waals surface area contributed by atoms with Gasteiger partial charge in [0.1, 0.15) is 11.2 Å². The minimum atomic E-state index is -0.940. The average molecular weight is 224 g/mol. The standard InChI is InChI=1S/C13H20O3/c1-4-8-13(12(15)16-10(2)3)9-6-5-7-11(13)14/h4,10H,1,5-9H2,2-3H3/t13-/m0/s1. The van der Waals surface area contributed by atoms with Crippen molar-refractivity contribution in [2.24, 2.45) is 5.41 Å². The molecule has 0 aliphatic heterocycles. The van der Waals surface area contributed by atoms with Crippen LogP contribution in [-0.4, -0.2) is 17.9 Å². The van der Waals surface area contributed by atoms with Crippen LogP contribution in [0.3, 0.4) is 0 Å². The van der Waals surface area contributed by atoms with E-state index >= 15 is 0 Å². The number of carbonyl (C=O) groups is 2. The molecule has 16 heavy (non-hydrogen) atoms. The van der Waals surface area contributed by atoms with E-state index in [0.29, 0.717) is 19.3 Å². The van der Waals surface area contributed by atoms with Gasteiger partial charge in [-0.25, -0.2) is 0 Å². The summed E-state index contributed by atoms with van der Waals surface area (Å²) < 4.78 is 5.21. The second-order valence-corrected chi connectivity index (χ2v) is 4.66. The van der Waals surface area contributed by atoms with Crippen LogP contribution < -0.4 is 0 Å². The van der Waals surface area contributed by atoms with E-state index in [-0.39, 0.29) is 17.9 Å². The van der Waals surface area contributed by atoms with Crippen molar-refractivity contribution in [3.05, 3.63) is 12.7 Å². The van der Waals surface area contributed by atoms with Crippen molar-refractivity contribution in [1.82, 2.24) is 0 Å². The van der Waals surface area contributed by atoms with Gasteiger partial charge in [-0.3, -0.25) is 9.59 Å². The van der Waals surface area contributed by atoms with Gasteiger partial charge in [-0.15, -0.1) is 6.58 Å². The van der Waals surface area contributed by atoms with Crippen molar-refractivity contribution in [2.75, 3.05) is 0 Å². The fourth-order valence-corrected chi connectivity index (χ4v) is 2.18. The Kier molecular flexibility index (Phi) is 4.27. The minimum Gasteiger partial charge on any atom is -0.462 e. The summed E-state index contributed by atoms with van der Waals surface area (Å²) in [4.78, 5) is 24.0. The lowest BCUT2D eigenvalue weighted by Gasteiger charge is -2.33. The van der Waals surface area contributed by atoms with E-state index in [9.17, 15) is 9.59 Å². The summed E-state index contributed by atoms with van der Waals surface area (Å²) in [6.07, 6.45) is 4.75. The lowest BCUT2D eigenvalue weighted by atomic mass is 9.71. The summed E-state index contributed by atoms with van der Waals surface area (Å²) in [5.74, 6) is -0.351. The van der Waals surface area contributed by atoms with E-state index in [1.807, 2.05) is 0 Å². The Morgan fingerprint density at radius 3 is 2.75 bits per heavy atom. The maximum Gasteiger partial charge on any atom is 0.320 e. The fourth-order valence-electron chi connectivity index (χ4n) is 2.18. The predicted octanol–water partition coefficient (Wildman–Crippen LogP) is 2.64. The van der Waals surface area contributed by atoms with Crippen molar-refractivity contribution in [3.63, 3.8) is 0 Å². The molecule has 1 atom stereocenters. The van der Waals surface area contributed by atoms with Crippen LogP contribution in [0.4, 0.5) is 0 Å². The number of hydrogen-bond donors (Lipinski definition) is 0. The smallest absolute Gasteiger partial charge is 0.320 e. The largest absolute Gasteiger partial charge is 0.462 e. The van der Waals surface area contributed by atoms with Crippen molar-refractivity contribution in [2.45, 2.75) is 52.1 Å². The molecule has 0 amide bonds. The van der Waals surface area contributed by atoms with Crippen LogP contribution in [0.2, 0.25) is 0 Å². The van der Waals surface area contributed by atoms with Gasteiger partial charge in [-0.1, -0.05) is 12.5 Å². The van der Waals surface area contributed by atoms with Gasteiger partial charge in [0.05, 0.1) is 6.10 Å². The molecule has 0 heterocycles. The molecule has 3 nitrogen and oxygen atoms in total. The molecule has 1 aliphatic rings. The molecule has 0 bridgehead atoms. The highest BCUT2D eigenvalue weighted by Crippen LogP contribution is 2.38. The van der Waals surface area contributed by atoms with E-state index in [0.717, 1.165) is 12.8 Å². The molecule has 1 rings (SSSR count). The molecule has 1 saturated carbocycles. The number of ether oxygens (including phenoxy) is 1. The Morgan fingerprint density at radius 2 is 2.25 bits per heavy atom. The molecule has 1 fully saturated rings. The van der Waals surface area contributed by atoms with Crippen LogP contribution in [0.15, 0.2) is 12.7 Å². The zero-order chi connectivity index (χ0) is 12.2. The average Bonchev–Trinajstić information content (AvgIpc) is 2.20. The highest BCUT2D eigenvalue weighted by molar-refractivity contribution is 6.04. The summed E-state index contributed by atoms with van der Waals surface area (Å²) in [7, 11) is 0. The summed E-state index contributed by atoms with van der Waals surface area (Å²) >= 11 is 0. The second-order valence-electron chi connectivity index (χ2n) is 4.66. The second kappa shape index (κ2) is 5.28. The number of hydrogen-bond acceptors (Lipinski definition) is 3. The van der Waals surface area contributed by atoms with Gasteiger partial charge in [0.15, 0.2) is 0 Å². The quantitative estimate of drug-likeness (QED) is 0.419. The lowest BCUT2D eigenvalue weighted by molar-refractivity contribution is -0.165. The molecule has 0 spiro atoms. The van der Waals surface area contributed by atoms with E-state index in [2.05, 4.69) is 6.58 Å². The summed E-state index contributed by atoms with van der Waals surface area (Å²) in [6, 6.07) is 0. The fraction of sp³-hybridized carbons (Fsp3) is 0.692. The third-order valence-corrected chi connectivity index (χ3v) is 3.02. The van der Waals surface area contributed by atoms with E-state index < -0.39 is 5.41 Å². The molecule has 0 N–H and O–H groups in total. The maximum absolute atomic E-state index is 12.0. The Labute approximate surface area is 96.9 Å². The number of ketones is 1. The molecule has 1 aliphatic carbocycles. The molecule has 0 aromatic carbocycles. The third kappa shape index (κ3) is 2.52. The maximum atomic E-state index is 12.0. The van der Waals surface area contributed by atoms with Crippen LogP contribution in [0.1, 0.15) is 46.0 Å². The topological polar surface area (TPSA) is 43.4 Å². The molecular weight excluding hydrogens is 204 g/mol. The number of allylic oxidation sites excluding steroid dienone is 1. The SMILES string of the molecule is C=CC[C@]1(C(=O)OC(C)C)CCCCC1=O. The zero-order valence-corrected chi connectivity index (χ0v) is 10.1. The molecule has 3 heteroatoms. The highest BCUT2D eigenvalue weighted by Gasteiger charge is 2.47. The molecule has 0 aromatic heterocycles. The molecule has 0 radical (unpaired) electrons.